The largest absolute Gasteiger partial charge is 0.309 e. The predicted molar refractivity (Wildman–Crippen MR) is 212 cm³/mol. The predicted octanol–water partition coefficient (Wildman–Crippen LogP) is 13.0. The Bertz CT molecular complexity index is 2480. The minimum Gasteiger partial charge on any atom is -0.309 e. The number of hydrogen-bond acceptors (Lipinski definition) is 0. The van der Waals surface area contributed by atoms with E-state index in [1.165, 1.54) is 83.1 Å². The molecule has 0 N–H and O–H groups in total. The van der Waals surface area contributed by atoms with E-state index in [9.17, 15) is 0 Å². The van der Waals surface area contributed by atoms with E-state index in [-0.39, 0.29) is 0 Å². The van der Waals surface area contributed by atoms with Gasteiger partial charge in [0.1, 0.15) is 0 Å². The van der Waals surface area contributed by atoms with E-state index in [0.717, 1.165) is 6.42 Å². The lowest BCUT2D eigenvalue weighted by Gasteiger charge is -2.10. The number of fused-ring (bicyclic) bond motifs is 3. The Morgan fingerprint density at radius 1 is 0.260 bits per heavy atom. The van der Waals surface area contributed by atoms with Crippen LogP contribution in [0.4, 0.5) is 0 Å². The summed E-state index contributed by atoms with van der Waals surface area (Å²) in [6.07, 6.45) is 0.914. The van der Waals surface area contributed by atoms with Crippen LogP contribution in [0.5, 0.6) is 0 Å². The standard InChI is InChI=1S/C49H35N/c1-2-8-37(9-3-1)40-22-24-41(25-23-40)38-18-14-35(15-19-38)34-36-16-20-39(21-17-36)42-26-28-43(29-27-42)44-30-32-45(33-31-44)50-48-12-6-4-10-46(48)47-11-5-7-13-49(47)50/h1-33H,34H2. The van der Waals surface area contributed by atoms with Gasteiger partial charge < -0.3 is 4.57 Å². The van der Waals surface area contributed by atoms with E-state index in [1.807, 2.05) is 0 Å². The van der Waals surface area contributed by atoms with E-state index < -0.39 is 0 Å². The van der Waals surface area contributed by atoms with Crippen LogP contribution in [0, 0.1) is 0 Å². The Morgan fingerprint density at radius 2 is 0.560 bits per heavy atom. The number of aromatic nitrogens is 1. The molecule has 1 nitrogen and oxygen atoms in total. The normalized spacial score (nSPS) is 11.3. The molecule has 0 radical (unpaired) electrons. The highest BCUT2D eigenvalue weighted by atomic mass is 15.0. The third kappa shape index (κ3) is 5.70. The van der Waals surface area contributed by atoms with E-state index in [2.05, 4.69) is 205 Å². The Labute approximate surface area is 293 Å². The lowest BCUT2D eigenvalue weighted by molar-refractivity contribution is 1.18. The second-order valence-corrected chi connectivity index (χ2v) is 13.0. The van der Waals surface area contributed by atoms with Crippen LogP contribution < -0.4 is 0 Å². The maximum absolute atomic E-state index is 2.36. The first-order chi connectivity index (χ1) is 24.8. The van der Waals surface area contributed by atoms with E-state index in [0.29, 0.717) is 0 Å². The summed E-state index contributed by atoms with van der Waals surface area (Å²) < 4.78 is 2.36. The number of hydrogen-bond donors (Lipinski definition) is 0. The Kier molecular flexibility index (Phi) is 7.64. The fourth-order valence-electron chi connectivity index (χ4n) is 7.21. The minimum absolute atomic E-state index is 0.914. The lowest BCUT2D eigenvalue weighted by Crippen LogP contribution is -1.93. The zero-order chi connectivity index (χ0) is 33.3. The molecule has 0 aliphatic heterocycles. The summed E-state index contributed by atoms with van der Waals surface area (Å²) >= 11 is 0. The highest BCUT2D eigenvalue weighted by molar-refractivity contribution is 6.09. The van der Waals surface area contributed by atoms with Gasteiger partial charge in [-0.1, -0.05) is 176 Å². The van der Waals surface area contributed by atoms with Gasteiger partial charge in [0.05, 0.1) is 11.0 Å². The van der Waals surface area contributed by atoms with E-state index in [1.54, 1.807) is 0 Å². The zero-order valence-electron chi connectivity index (χ0n) is 27.7. The lowest BCUT2D eigenvalue weighted by atomic mass is 9.96. The maximum atomic E-state index is 2.36. The smallest absolute Gasteiger partial charge is 0.0541 e. The molecule has 1 heteroatoms. The zero-order valence-corrected chi connectivity index (χ0v) is 27.7. The molecule has 0 atom stereocenters. The number of rotatable bonds is 7. The SMILES string of the molecule is c1ccc(-c2ccc(-c3ccc(Cc4ccc(-c5ccc(-c6ccc(-n7c8ccccc8c8ccccc87)cc6)cc5)cc4)cc3)cc2)cc1. The maximum Gasteiger partial charge on any atom is 0.0541 e. The summed E-state index contributed by atoms with van der Waals surface area (Å²) in [5, 5.41) is 2.57. The molecule has 0 saturated carbocycles. The fraction of sp³-hybridized carbons (Fsp3) is 0.0204. The second-order valence-electron chi connectivity index (χ2n) is 13.0. The molecule has 0 aliphatic rings. The number of nitrogens with zero attached hydrogens (tertiary/aromatic N) is 1. The molecule has 0 aliphatic carbocycles. The van der Waals surface area contributed by atoms with Gasteiger partial charge in [-0.25, -0.2) is 0 Å². The van der Waals surface area contributed by atoms with Crippen LogP contribution in [-0.4, -0.2) is 4.57 Å². The fourth-order valence-corrected chi connectivity index (χ4v) is 7.21. The molecule has 0 unspecified atom stereocenters. The topological polar surface area (TPSA) is 4.93 Å². The first-order valence-electron chi connectivity index (χ1n) is 17.3. The quantitative estimate of drug-likeness (QED) is 0.164. The number of para-hydroxylation sites is 2. The molecule has 0 fully saturated rings. The summed E-state index contributed by atoms with van der Waals surface area (Å²) in [7, 11) is 0. The minimum atomic E-state index is 0.914. The van der Waals surface area contributed by atoms with Gasteiger partial charge in [0.15, 0.2) is 0 Å². The van der Waals surface area contributed by atoms with Gasteiger partial charge in [-0.3, -0.25) is 0 Å². The van der Waals surface area contributed by atoms with Gasteiger partial charge in [-0.2, -0.15) is 0 Å². The van der Waals surface area contributed by atoms with Gasteiger partial charge in [0.25, 0.3) is 0 Å². The Hall–Kier alpha value is -6.44. The molecule has 1 heterocycles. The van der Waals surface area contributed by atoms with Gasteiger partial charge >= 0.3 is 0 Å². The van der Waals surface area contributed by atoms with Crippen LogP contribution in [0.2, 0.25) is 0 Å². The molecular formula is C49H35N. The molecule has 9 aromatic rings. The van der Waals surface area contributed by atoms with Crippen molar-refractivity contribution in [3.8, 4) is 50.2 Å². The van der Waals surface area contributed by atoms with Crippen molar-refractivity contribution in [3.63, 3.8) is 0 Å². The third-order valence-corrected chi connectivity index (χ3v) is 9.90. The molecule has 9 rings (SSSR count). The van der Waals surface area contributed by atoms with Crippen LogP contribution in [0.15, 0.2) is 200 Å². The average molecular weight is 638 g/mol. The second kappa shape index (κ2) is 12.9. The van der Waals surface area contributed by atoms with Crippen molar-refractivity contribution >= 4 is 21.8 Å². The Balaban J connectivity index is 0.870. The summed E-state index contributed by atoms with van der Waals surface area (Å²) in [5.41, 5.74) is 16.1. The highest BCUT2D eigenvalue weighted by Gasteiger charge is 2.11. The van der Waals surface area contributed by atoms with Crippen molar-refractivity contribution in [3.05, 3.63) is 211 Å². The van der Waals surface area contributed by atoms with Crippen LogP contribution in [0.1, 0.15) is 11.1 Å². The Morgan fingerprint density at radius 3 is 0.960 bits per heavy atom. The molecule has 0 spiro atoms. The summed E-state index contributed by atoms with van der Waals surface area (Å²) in [4.78, 5) is 0. The molecule has 0 amide bonds. The van der Waals surface area contributed by atoms with Crippen molar-refractivity contribution in [1.29, 1.82) is 0 Å². The van der Waals surface area contributed by atoms with Gasteiger partial charge in [0, 0.05) is 16.5 Å². The first kappa shape index (κ1) is 29.7. The van der Waals surface area contributed by atoms with Crippen molar-refractivity contribution in [2.75, 3.05) is 0 Å². The third-order valence-electron chi connectivity index (χ3n) is 9.90. The van der Waals surface area contributed by atoms with E-state index in [4.69, 9.17) is 0 Å². The van der Waals surface area contributed by atoms with Crippen LogP contribution in [0.3, 0.4) is 0 Å². The molecule has 0 bridgehead atoms. The molecular weight excluding hydrogens is 603 g/mol. The molecule has 8 aromatic carbocycles. The first-order valence-corrected chi connectivity index (χ1v) is 17.3. The molecule has 0 saturated heterocycles. The summed E-state index contributed by atoms with van der Waals surface area (Å²) in [6, 6.07) is 72.5. The van der Waals surface area contributed by atoms with Crippen molar-refractivity contribution in [1.82, 2.24) is 4.57 Å². The van der Waals surface area contributed by atoms with Gasteiger partial charge in [-0.05, 0) is 86.3 Å². The highest BCUT2D eigenvalue weighted by Crippen LogP contribution is 2.33. The molecule has 50 heavy (non-hydrogen) atoms. The molecule has 236 valence electrons. The van der Waals surface area contributed by atoms with Crippen LogP contribution in [-0.2, 0) is 6.42 Å². The van der Waals surface area contributed by atoms with Gasteiger partial charge in [0.2, 0.25) is 0 Å². The summed E-state index contributed by atoms with van der Waals surface area (Å²) in [5.74, 6) is 0. The van der Waals surface area contributed by atoms with Crippen molar-refractivity contribution in [2.24, 2.45) is 0 Å². The summed E-state index contributed by atoms with van der Waals surface area (Å²) in [6.45, 7) is 0. The van der Waals surface area contributed by atoms with Crippen LogP contribution in [0.25, 0.3) is 72.0 Å². The van der Waals surface area contributed by atoms with Crippen molar-refractivity contribution < 1.29 is 0 Å². The average Bonchev–Trinajstić information content (AvgIpc) is 3.54. The van der Waals surface area contributed by atoms with E-state index >= 15 is 0 Å². The van der Waals surface area contributed by atoms with Crippen LogP contribution >= 0.6 is 0 Å². The van der Waals surface area contributed by atoms with Crippen molar-refractivity contribution in [2.45, 2.75) is 6.42 Å². The van der Waals surface area contributed by atoms with Gasteiger partial charge in [-0.15, -0.1) is 0 Å². The molecule has 1 aromatic heterocycles. The monoisotopic (exact) mass is 637 g/mol. The number of benzene rings is 8.